The van der Waals surface area contributed by atoms with E-state index >= 15 is 0 Å². The van der Waals surface area contributed by atoms with E-state index in [4.69, 9.17) is 19.4 Å². The van der Waals surface area contributed by atoms with Crippen molar-refractivity contribution < 1.29 is 19.3 Å². The summed E-state index contributed by atoms with van der Waals surface area (Å²) in [6.45, 7) is 5.29. The maximum Gasteiger partial charge on any atom is 0.319 e. The molecule has 7 nitrogen and oxygen atoms in total. The number of thiophene rings is 1. The number of morpholine rings is 1. The molecule has 0 saturated carbocycles. The number of nitrogens with one attached hydrogen (secondary N) is 1. The van der Waals surface area contributed by atoms with Gasteiger partial charge >= 0.3 is 5.97 Å². The minimum atomic E-state index is -0.247. The Morgan fingerprint density at radius 2 is 2.10 bits per heavy atom. The first kappa shape index (κ1) is 20.9. The largest absolute Gasteiger partial charge is 0.468 e. The van der Waals surface area contributed by atoms with Gasteiger partial charge in [0.05, 0.1) is 25.7 Å². The number of methoxy groups -OCH3 is 1. The fourth-order valence-corrected chi connectivity index (χ4v) is 6.84. The molecule has 31 heavy (non-hydrogen) atoms. The van der Waals surface area contributed by atoms with Crippen LogP contribution >= 0.6 is 23.1 Å². The lowest BCUT2D eigenvalue weighted by molar-refractivity contribution is -0.427. The molecule has 1 N–H and O–H groups in total. The standard InChI is InChI=1S/C22H26N4O3S2/c1-3-15(22(27)28-2)30-21-18-17(23-12-24-21)16-13-6-4-5-7-14(13)19(25-20(16)31-18)26-8-10-29-11-9-26/h12,15H,3-11H2,1-2H3/p+1. The van der Waals surface area contributed by atoms with Gasteiger partial charge in [-0.1, -0.05) is 18.7 Å². The van der Waals surface area contributed by atoms with E-state index in [1.807, 2.05) is 6.92 Å². The second-order valence-corrected chi connectivity index (χ2v) is 10.1. The molecule has 0 amide bonds. The molecular weight excluding hydrogens is 432 g/mol. The molecule has 1 aliphatic heterocycles. The average molecular weight is 460 g/mol. The Labute approximate surface area is 189 Å². The van der Waals surface area contributed by atoms with Crippen LogP contribution in [-0.4, -0.2) is 54.6 Å². The molecule has 5 rings (SSSR count). The maximum absolute atomic E-state index is 12.2. The van der Waals surface area contributed by atoms with Crippen molar-refractivity contribution in [2.24, 2.45) is 0 Å². The minimum Gasteiger partial charge on any atom is -0.468 e. The highest BCUT2D eigenvalue weighted by atomic mass is 32.2. The topological polar surface area (TPSA) is 78.7 Å². The third-order valence-electron chi connectivity index (χ3n) is 6.11. The monoisotopic (exact) mass is 459 g/mol. The van der Waals surface area contributed by atoms with Crippen molar-refractivity contribution in [1.29, 1.82) is 0 Å². The zero-order valence-electron chi connectivity index (χ0n) is 17.9. The van der Waals surface area contributed by atoms with E-state index in [1.54, 1.807) is 17.7 Å². The van der Waals surface area contributed by atoms with Crippen molar-refractivity contribution >= 4 is 55.3 Å². The van der Waals surface area contributed by atoms with Gasteiger partial charge in [-0.25, -0.2) is 9.97 Å². The summed E-state index contributed by atoms with van der Waals surface area (Å²) in [5.74, 6) is 0.938. The van der Waals surface area contributed by atoms with Crippen LogP contribution in [0.1, 0.15) is 37.3 Å². The van der Waals surface area contributed by atoms with Crippen LogP contribution < -0.4 is 9.88 Å². The van der Waals surface area contributed by atoms with Gasteiger partial charge in [-0.15, -0.1) is 11.3 Å². The number of esters is 1. The number of ether oxygens (including phenoxy) is 2. The normalized spacial score (nSPS) is 17.7. The zero-order valence-corrected chi connectivity index (χ0v) is 19.5. The number of carbonyl (C=O) groups is 1. The summed E-state index contributed by atoms with van der Waals surface area (Å²) in [5, 5.41) is 1.92. The van der Waals surface area contributed by atoms with Crippen molar-refractivity contribution in [3.05, 3.63) is 17.5 Å². The molecule has 0 aromatic carbocycles. The molecular formula is C22H27N4O3S2+. The molecule has 3 aromatic heterocycles. The lowest BCUT2D eigenvalue weighted by Crippen LogP contribution is -2.37. The Balaban J connectivity index is 1.67. The molecule has 1 atom stereocenters. The second kappa shape index (κ2) is 8.88. The first-order valence-electron chi connectivity index (χ1n) is 10.9. The van der Waals surface area contributed by atoms with Crippen LogP contribution in [0.5, 0.6) is 0 Å². The molecule has 164 valence electrons. The van der Waals surface area contributed by atoms with Gasteiger partial charge in [-0.05, 0) is 48.2 Å². The number of fused-ring (bicyclic) bond motifs is 5. The van der Waals surface area contributed by atoms with Crippen molar-refractivity contribution in [2.45, 2.75) is 49.3 Å². The zero-order chi connectivity index (χ0) is 21.4. The van der Waals surface area contributed by atoms with Crippen LogP contribution in [-0.2, 0) is 27.1 Å². The number of rotatable bonds is 5. The van der Waals surface area contributed by atoms with E-state index in [-0.39, 0.29) is 11.2 Å². The predicted molar refractivity (Wildman–Crippen MR) is 123 cm³/mol. The number of hydrogen-bond donors (Lipinski definition) is 0. The first-order valence-corrected chi connectivity index (χ1v) is 12.6. The summed E-state index contributed by atoms with van der Waals surface area (Å²) in [7, 11) is 1.44. The highest BCUT2D eigenvalue weighted by molar-refractivity contribution is 8.00. The smallest absolute Gasteiger partial charge is 0.319 e. The van der Waals surface area contributed by atoms with E-state index in [0.29, 0.717) is 6.42 Å². The lowest BCUT2D eigenvalue weighted by Gasteiger charge is -2.31. The van der Waals surface area contributed by atoms with Crippen molar-refractivity contribution in [2.75, 3.05) is 38.3 Å². The molecule has 1 unspecified atom stereocenters. The van der Waals surface area contributed by atoms with E-state index in [0.717, 1.165) is 65.0 Å². The number of aromatic nitrogens is 3. The SMILES string of the molecule is CCC(Sc1[nH+]cnc2c1sc1nc(N3CCOCC3)c3c(c12)CCCC3)C(=O)OC. The number of aromatic amines is 1. The van der Waals surface area contributed by atoms with Gasteiger partial charge in [-0.3, -0.25) is 4.79 Å². The summed E-state index contributed by atoms with van der Waals surface area (Å²) < 4.78 is 11.6. The van der Waals surface area contributed by atoms with E-state index in [1.165, 1.54) is 48.2 Å². The predicted octanol–water partition coefficient (Wildman–Crippen LogP) is 3.42. The van der Waals surface area contributed by atoms with Crippen LogP contribution in [0.15, 0.2) is 11.4 Å². The molecule has 0 radical (unpaired) electrons. The van der Waals surface area contributed by atoms with Gasteiger partial charge in [-0.2, -0.15) is 0 Å². The Bertz CT molecular complexity index is 1130. The van der Waals surface area contributed by atoms with E-state index in [2.05, 4.69) is 9.88 Å². The summed E-state index contributed by atoms with van der Waals surface area (Å²) in [4.78, 5) is 28.8. The Morgan fingerprint density at radius 1 is 1.32 bits per heavy atom. The van der Waals surface area contributed by atoms with E-state index in [9.17, 15) is 4.79 Å². The Hall–Kier alpha value is -1.97. The second-order valence-electron chi connectivity index (χ2n) is 7.93. The van der Waals surface area contributed by atoms with Crippen molar-refractivity contribution in [1.82, 2.24) is 9.97 Å². The molecule has 1 fully saturated rings. The highest BCUT2D eigenvalue weighted by Crippen LogP contribution is 2.43. The summed E-state index contributed by atoms with van der Waals surface area (Å²) in [6.07, 6.45) is 7.00. The number of aryl methyl sites for hydroxylation is 1. The number of thioether (sulfide) groups is 1. The first-order chi connectivity index (χ1) is 15.2. The van der Waals surface area contributed by atoms with E-state index < -0.39 is 0 Å². The number of nitrogens with zero attached hydrogens (tertiary/aromatic N) is 3. The van der Waals surface area contributed by atoms with Gasteiger partial charge in [0.2, 0.25) is 5.52 Å². The quantitative estimate of drug-likeness (QED) is 0.329. The van der Waals surface area contributed by atoms with Crippen LogP contribution in [0.3, 0.4) is 0 Å². The number of pyridine rings is 1. The van der Waals surface area contributed by atoms with Gasteiger partial charge in [0, 0.05) is 13.1 Å². The summed E-state index contributed by atoms with van der Waals surface area (Å²) >= 11 is 3.20. The third-order valence-corrected chi connectivity index (χ3v) is 8.70. The van der Waals surface area contributed by atoms with Gasteiger partial charge in [0.1, 0.15) is 20.6 Å². The highest BCUT2D eigenvalue weighted by Gasteiger charge is 2.29. The van der Waals surface area contributed by atoms with Gasteiger partial charge in [0.15, 0.2) is 5.03 Å². The minimum absolute atomic E-state index is 0.197. The van der Waals surface area contributed by atoms with Crippen molar-refractivity contribution in [3.8, 4) is 0 Å². The fourth-order valence-electron chi connectivity index (χ4n) is 4.55. The maximum atomic E-state index is 12.2. The van der Waals surface area contributed by atoms with Gasteiger partial charge in [0.25, 0.3) is 6.33 Å². The number of carbonyl (C=O) groups excluding carboxylic acids is 1. The molecule has 4 heterocycles. The molecule has 3 aromatic rings. The number of anilines is 1. The molecule has 2 aliphatic rings. The average Bonchev–Trinajstić information content (AvgIpc) is 3.21. The summed E-state index contributed by atoms with van der Waals surface area (Å²) in [5.41, 5.74) is 3.81. The Kier molecular flexibility index (Phi) is 5.99. The van der Waals surface area contributed by atoms with Crippen LogP contribution in [0.4, 0.5) is 5.82 Å². The van der Waals surface area contributed by atoms with Crippen LogP contribution in [0.25, 0.3) is 20.4 Å². The van der Waals surface area contributed by atoms with Crippen LogP contribution in [0, 0.1) is 0 Å². The molecule has 0 bridgehead atoms. The Morgan fingerprint density at radius 3 is 2.84 bits per heavy atom. The van der Waals surface area contributed by atoms with Crippen molar-refractivity contribution in [3.63, 3.8) is 0 Å². The fraction of sp³-hybridized carbons (Fsp3) is 0.545. The summed E-state index contributed by atoms with van der Waals surface area (Å²) in [6, 6.07) is 0. The van der Waals surface area contributed by atoms with Crippen LogP contribution in [0.2, 0.25) is 0 Å². The molecule has 0 spiro atoms. The number of H-pyrrole nitrogens is 1. The third kappa shape index (κ3) is 3.76. The number of hydrogen-bond acceptors (Lipinski definition) is 8. The molecule has 1 aliphatic carbocycles. The lowest BCUT2D eigenvalue weighted by atomic mass is 9.90. The molecule has 9 heteroatoms. The van der Waals surface area contributed by atoms with Gasteiger partial charge < -0.3 is 14.4 Å². The molecule has 1 saturated heterocycles.